The van der Waals surface area contributed by atoms with Crippen molar-refractivity contribution >= 4 is 0 Å². The Kier molecular flexibility index (Phi) is 4.98. The fourth-order valence-electron chi connectivity index (χ4n) is 1.71. The lowest BCUT2D eigenvalue weighted by Crippen LogP contribution is -2.18. The third kappa shape index (κ3) is 4.30. The van der Waals surface area contributed by atoms with Gasteiger partial charge in [0.05, 0.1) is 17.9 Å². The van der Waals surface area contributed by atoms with Crippen LogP contribution in [0.5, 0.6) is 0 Å². The van der Waals surface area contributed by atoms with Crippen molar-refractivity contribution in [2.24, 2.45) is 0 Å². The zero-order valence-electron chi connectivity index (χ0n) is 11.4. The lowest BCUT2D eigenvalue weighted by molar-refractivity contribution is -0.137. The van der Waals surface area contributed by atoms with Gasteiger partial charge in [0.25, 0.3) is 0 Å². The van der Waals surface area contributed by atoms with Gasteiger partial charge in [0, 0.05) is 25.8 Å². The second kappa shape index (κ2) is 6.73. The maximum absolute atomic E-state index is 12.5. The first-order valence-electron chi connectivity index (χ1n) is 6.32. The Morgan fingerprint density at radius 2 is 1.95 bits per heavy atom. The molecule has 7 heteroatoms. The van der Waals surface area contributed by atoms with E-state index in [1.165, 1.54) is 18.4 Å². The normalized spacial score (nSPS) is 11.8. The molecule has 1 aromatic carbocycles. The molecule has 0 amide bonds. The van der Waals surface area contributed by atoms with Gasteiger partial charge in [-0.1, -0.05) is 0 Å². The first-order valence-corrected chi connectivity index (χ1v) is 6.32. The van der Waals surface area contributed by atoms with Gasteiger partial charge in [-0.2, -0.15) is 13.2 Å². The lowest BCUT2D eigenvalue weighted by Gasteiger charge is -2.06. The van der Waals surface area contributed by atoms with E-state index in [2.05, 4.69) is 10.3 Å². The van der Waals surface area contributed by atoms with E-state index in [-0.39, 0.29) is 0 Å². The second-order valence-electron chi connectivity index (χ2n) is 4.39. The number of hydrogen-bond donors (Lipinski definition) is 1. The molecule has 0 spiro atoms. The Balaban J connectivity index is 2.00. The van der Waals surface area contributed by atoms with Crippen LogP contribution in [0.25, 0.3) is 11.5 Å². The summed E-state index contributed by atoms with van der Waals surface area (Å²) in [6.07, 6.45) is -2.86. The van der Waals surface area contributed by atoms with Crippen molar-refractivity contribution in [2.45, 2.75) is 12.7 Å². The molecule has 1 aromatic heterocycles. The molecule has 0 bridgehead atoms. The van der Waals surface area contributed by atoms with Crippen LogP contribution in [0.3, 0.4) is 0 Å². The zero-order chi connectivity index (χ0) is 15.3. The smallest absolute Gasteiger partial charge is 0.416 e. The Bertz CT molecular complexity index is 564. The predicted octanol–water partition coefficient (Wildman–Crippen LogP) is 3.10. The average molecular weight is 300 g/mol. The highest BCUT2D eigenvalue weighted by molar-refractivity contribution is 5.53. The highest BCUT2D eigenvalue weighted by Gasteiger charge is 2.30. The summed E-state index contributed by atoms with van der Waals surface area (Å²) in [4.78, 5) is 4.22. The molecular weight excluding hydrogens is 285 g/mol. The monoisotopic (exact) mass is 300 g/mol. The average Bonchev–Trinajstić information content (AvgIpc) is 2.92. The van der Waals surface area contributed by atoms with Gasteiger partial charge < -0.3 is 14.5 Å². The molecule has 0 radical (unpaired) electrons. The van der Waals surface area contributed by atoms with Crippen molar-refractivity contribution in [3.63, 3.8) is 0 Å². The largest absolute Gasteiger partial charge is 0.444 e. The maximum Gasteiger partial charge on any atom is 0.416 e. The van der Waals surface area contributed by atoms with E-state index >= 15 is 0 Å². The highest BCUT2D eigenvalue weighted by Crippen LogP contribution is 2.30. The molecule has 21 heavy (non-hydrogen) atoms. The van der Waals surface area contributed by atoms with Gasteiger partial charge in [-0.05, 0) is 24.3 Å². The van der Waals surface area contributed by atoms with Crippen LogP contribution in [0.2, 0.25) is 0 Å². The zero-order valence-corrected chi connectivity index (χ0v) is 11.4. The molecule has 0 aliphatic heterocycles. The molecule has 0 aliphatic rings. The van der Waals surface area contributed by atoms with E-state index in [9.17, 15) is 13.2 Å². The summed E-state index contributed by atoms with van der Waals surface area (Å²) in [7, 11) is 1.61. The quantitative estimate of drug-likeness (QED) is 0.833. The van der Waals surface area contributed by atoms with Crippen LogP contribution in [-0.4, -0.2) is 25.2 Å². The second-order valence-corrected chi connectivity index (χ2v) is 4.39. The molecular formula is C14H15F3N2O2. The topological polar surface area (TPSA) is 47.3 Å². The van der Waals surface area contributed by atoms with E-state index < -0.39 is 11.7 Å². The van der Waals surface area contributed by atoms with Crippen molar-refractivity contribution in [1.82, 2.24) is 10.3 Å². The van der Waals surface area contributed by atoms with Gasteiger partial charge in [0.15, 0.2) is 0 Å². The number of methoxy groups -OCH3 is 1. The molecule has 0 saturated heterocycles. The van der Waals surface area contributed by atoms with Crippen LogP contribution in [-0.2, 0) is 17.5 Å². The summed E-state index contributed by atoms with van der Waals surface area (Å²) in [5.74, 6) is 0.298. The van der Waals surface area contributed by atoms with Crippen molar-refractivity contribution in [1.29, 1.82) is 0 Å². The van der Waals surface area contributed by atoms with Crippen molar-refractivity contribution in [3.8, 4) is 11.5 Å². The fraction of sp³-hybridized carbons (Fsp3) is 0.357. The Labute approximate surface area is 119 Å². The molecule has 2 aromatic rings. The highest BCUT2D eigenvalue weighted by atomic mass is 19.4. The lowest BCUT2D eigenvalue weighted by atomic mass is 10.1. The van der Waals surface area contributed by atoms with E-state index in [1.54, 1.807) is 7.11 Å². The summed E-state index contributed by atoms with van der Waals surface area (Å²) in [6, 6.07) is 4.71. The number of oxazole rings is 1. The van der Waals surface area contributed by atoms with Crippen LogP contribution >= 0.6 is 0 Å². The molecule has 0 aliphatic carbocycles. The van der Waals surface area contributed by atoms with Crippen LogP contribution in [0.15, 0.2) is 34.9 Å². The SMILES string of the molecule is COCCNCc1coc(-c2ccc(C(F)(F)F)cc2)n1. The number of nitrogens with zero attached hydrogens (tertiary/aromatic N) is 1. The molecule has 2 rings (SSSR count). The minimum absolute atomic E-state index is 0.298. The fourth-order valence-corrected chi connectivity index (χ4v) is 1.71. The molecule has 0 atom stereocenters. The number of ether oxygens (including phenoxy) is 1. The Morgan fingerprint density at radius 3 is 2.57 bits per heavy atom. The summed E-state index contributed by atoms with van der Waals surface area (Å²) >= 11 is 0. The summed E-state index contributed by atoms with van der Waals surface area (Å²) in [5.41, 5.74) is 0.492. The maximum atomic E-state index is 12.5. The predicted molar refractivity (Wildman–Crippen MR) is 70.5 cm³/mol. The molecule has 0 fully saturated rings. The summed E-state index contributed by atoms with van der Waals surface area (Å²) < 4.78 is 47.6. The number of benzene rings is 1. The van der Waals surface area contributed by atoms with Crippen LogP contribution in [0.4, 0.5) is 13.2 Å². The number of hydrogen-bond acceptors (Lipinski definition) is 4. The van der Waals surface area contributed by atoms with Crippen LogP contribution < -0.4 is 5.32 Å². The van der Waals surface area contributed by atoms with E-state index in [4.69, 9.17) is 9.15 Å². The summed E-state index contributed by atoms with van der Waals surface area (Å²) in [6.45, 7) is 1.77. The Morgan fingerprint density at radius 1 is 1.24 bits per heavy atom. The van der Waals surface area contributed by atoms with Gasteiger partial charge in [0.2, 0.25) is 5.89 Å². The van der Waals surface area contributed by atoms with Gasteiger partial charge in [0.1, 0.15) is 6.26 Å². The molecule has 4 nitrogen and oxygen atoms in total. The number of halogens is 3. The van der Waals surface area contributed by atoms with Crippen LogP contribution in [0.1, 0.15) is 11.3 Å². The van der Waals surface area contributed by atoms with E-state index in [0.717, 1.165) is 12.1 Å². The van der Waals surface area contributed by atoms with E-state index in [0.29, 0.717) is 36.8 Å². The third-order valence-electron chi connectivity index (χ3n) is 2.80. The number of aromatic nitrogens is 1. The van der Waals surface area contributed by atoms with Gasteiger partial charge in [-0.15, -0.1) is 0 Å². The molecule has 0 saturated carbocycles. The van der Waals surface area contributed by atoms with Crippen molar-refractivity contribution in [2.75, 3.05) is 20.3 Å². The minimum atomic E-state index is -4.34. The first-order chi connectivity index (χ1) is 10.0. The third-order valence-corrected chi connectivity index (χ3v) is 2.80. The first kappa shape index (κ1) is 15.5. The van der Waals surface area contributed by atoms with Gasteiger partial charge >= 0.3 is 6.18 Å². The minimum Gasteiger partial charge on any atom is -0.444 e. The number of nitrogens with one attached hydrogen (secondary N) is 1. The standard InChI is InChI=1S/C14H15F3N2O2/c1-20-7-6-18-8-12-9-21-13(19-12)10-2-4-11(5-3-10)14(15,16)17/h2-5,9,18H,6-8H2,1H3. The molecule has 1 heterocycles. The summed E-state index contributed by atoms with van der Waals surface area (Å²) in [5, 5.41) is 3.10. The molecule has 1 N–H and O–H groups in total. The van der Waals surface area contributed by atoms with Crippen LogP contribution in [0, 0.1) is 0 Å². The van der Waals surface area contributed by atoms with Crippen molar-refractivity contribution in [3.05, 3.63) is 41.8 Å². The molecule has 114 valence electrons. The van der Waals surface area contributed by atoms with E-state index in [1.807, 2.05) is 0 Å². The van der Waals surface area contributed by atoms with Gasteiger partial charge in [-0.25, -0.2) is 4.98 Å². The van der Waals surface area contributed by atoms with Gasteiger partial charge in [-0.3, -0.25) is 0 Å². The number of rotatable bonds is 6. The Hall–Kier alpha value is -1.86. The molecule has 0 unspecified atom stereocenters. The van der Waals surface area contributed by atoms with Crippen molar-refractivity contribution < 1.29 is 22.3 Å². The number of alkyl halides is 3.